The van der Waals surface area contributed by atoms with Gasteiger partial charge in [-0.1, -0.05) is 6.07 Å². The van der Waals surface area contributed by atoms with Gasteiger partial charge in [-0.2, -0.15) is 0 Å². The molecule has 1 N–H and O–H groups in total. The Labute approximate surface area is 136 Å². The van der Waals surface area contributed by atoms with Crippen LogP contribution in [0.15, 0.2) is 17.5 Å². The van der Waals surface area contributed by atoms with E-state index in [0.717, 1.165) is 32.4 Å². The van der Waals surface area contributed by atoms with Crippen molar-refractivity contribution in [1.29, 1.82) is 0 Å². The number of carbonyl (C=O) groups excluding carboxylic acids is 1. The van der Waals surface area contributed by atoms with Crippen LogP contribution in [-0.4, -0.2) is 59.1 Å². The molecule has 3 rings (SSSR count). The molecule has 5 heteroatoms. The van der Waals surface area contributed by atoms with Crippen LogP contribution in [0.2, 0.25) is 0 Å². The third-order valence-corrected chi connectivity index (χ3v) is 6.15. The van der Waals surface area contributed by atoms with Gasteiger partial charge in [-0.3, -0.25) is 9.69 Å². The van der Waals surface area contributed by atoms with E-state index < -0.39 is 6.10 Å². The van der Waals surface area contributed by atoms with E-state index in [1.54, 1.807) is 16.2 Å². The Kier molecular flexibility index (Phi) is 5.16. The van der Waals surface area contributed by atoms with Crippen LogP contribution >= 0.6 is 11.3 Å². The van der Waals surface area contributed by atoms with Gasteiger partial charge in [0.25, 0.3) is 0 Å². The molecule has 4 nitrogen and oxygen atoms in total. The van der Waals surface area contributed by atoms with Crippen molar-refractivity contribution in [2.24, 2.45) is 0 Å². The first-order valence-corrected chi connectivity index (χ1v) is 9.25. The van der Waals surface area contributed by atoms with Gasteiger partial charge in [0.1, 0.15) is 0 Å². The number of carbonyl (C=O) groups is 1. The molecule has 0 unspecified atom stereocenters. The number of rotatable bonds is 5. The molecule has 3 atom stereocenters. The van der Waals surface area contributed by atoms with Crippen molar-refractivity contribution in [3.05, 3.63) is 22.4 Å². The van der Waals surface area contributed by atoms with Crippen LogP contribution in [0.4, 0.5) is 0 Å². The molecule has 22 heavy (non-hydrogen) atoms. The summed E-state index contributed by atoms with van der Waals surface area (Å²) in [4.78, 5) is 17.9. The van der Waals surface area contributed by atoms with E-state index in [2.05, 4.69) is 11.0 Å². The van der Waals surface area contributed by atoms with Crippen molar-refractivity contribution in [3.63, 3.8) is 0 Å². The zero-order valence-corrected chi connectivity index (χ0v) is 14.1. The van der Waals surface area contributed by atoms with E-state index in [9.17, 15) is 9.90 Å². The van der Waals surface area contributed by atoms with Crippen molar-refractivity contribution in [1.82, 2.24) is 9.80 Å². The molecule has 1 saturated carbocycles. The number of thiophene rings is 1. The molecular formula is C17H26N2O2S. The number of nitrogens with zero attached hydrogens (tertiary/aromatic N) is 2. The Hall–Kier alpha value is -0.910. The number of amides is 1. The summed E-state index contributed by atoms with van der Waals surface area (Å²) in [5.41, 5.74) is 0. The molecular weight excluding hydrogens is 296 g/mol. The third kappa shape index (κ3) is 3.36. The summed E-state index contributed by atoms with van der Waals surface area (Å²) in [6, 6.07) is 4.34. The minimum atomic E-state index is -0.395. The van der Waals surface area contributed by atoms with Gasteiger partial charge in [0, 0.05) is 24.4 Å². The van der Waals surface area contributed by atoms with Gasteiger partial charge in [0.15, 0.2) is 0 Å². The average molecular weight is 322 g/mol. The van der Waals surface area contributed by atoms with E-state index in [1.807, 2.05) is 18.5 Å². The number of aryl methyl sites for hydroxylation is 1. The van der Waals surface area contributed by atoms with Crippen LogP contribution in [0.1, 0.15) is 37.0 Å². The topological polar surface area (TPSA) is 43.8 Å². The number of hydrogen-bond acceptors (Lipinski definition) is 4. The first kappa shape index (κ1) is 16.0. The molecule has 1 saturated heterocycles. The van der Waals surface area contributed by atoms with E-state index in [-0.39, 0.29) is 18.0 Å². The van der Waals surface area contributed by atoms with Crippen molar-refractivity contribution >= 4 is 17.2 Å². The number of hydrogen-bond donors (Lipinski definition) is 1. The Balaban J connectivity index is 1.53. The Morgan fingerprint density at radius 3 is 2.86 bits per heavy atom. The lowest BCUT2D eigenvalue weighted by Gasteiger charge is -2.32. The highest BCUT2D eigenvalue weighted by atomic mass is 32.1. The van der Waals surface area contributed by atoms with Crippen LogP contribution in [0.5, 0.6) is 0 Å². The minimum Gasteiger partial charge on any atom is -0.389 e. The lowest BCUT2D eigenvalue weighted by atomic mass is 10.1. The highest BCUT2D eigenvalue weighted by Crippen LogP contribution is 2.30. The fourth-order valence-corrected chi connectivity index (χ4v) is 4.59. The normalized spacial score (nSPS) is 29.1. The van der Waals surface area contributed by atoms with Crippen LogP contribution in [0.25, 0.3) is 0 Å². The zero-order chi connectivity index (χ0) is 15.5. The van der Waals surface area contributed by atoms with E-state index in [4.69, 9.17) is 0 Å². The molecule has 1 amide bonds. The molecule has 2 heterocycles. The van der Waals surface area contributed by atoms with Crippen molar-refractivity contribution < 1.29 is 9.90 Å². The quantitative estimate of drug-likeness (QED) is 0.903. The monoisotopic (exact) mass is 322 g/mol. The molecule has 122 valence electrons. The van der Waals surface area contributed by atoms with Gasteiger partial charge in [0.2, 0.25) is 5.91 Å². The van der Waals surface area contributed by atoms with E-state index >= 15 is 0 Å². The van der Waals surface area contributed by atoms with Gasteiger partial charge in [-0.05, 0) is 56.6 Å². The lowest BCUT2D eigenvalue weighted by molar-refractivity contribution is -0.134. The van der Waals surface area contributed by atoms with E-state index in [0.29, 0.717) is 6.42 Å². The average Bonchev–Trinajstić information content (AvgIpc) is 3.25. The first-order chi connectivity index (χ1) is 10.7. The number of likely N-dealkylation sites (N-methyl/N-ethyl adjacent to an activating group) is 1. The molecule has 1 aliphatic heterocycles. The molecule has 1 aliphatic carbocycles. The van der Waals surface area contributed by atoms with Gasteiger partial charge in [0.05, 0.1) is 12.1 Å². The summed E-state index contributed by atoms with van der Waals surface area (Å²) in [6.45, 7) is 2.20. The number of aliphatic hydroxyl groups is 1. The lowest BCUT2D eigenvalue weighted by Crippen LogP contribution is -2.48. The SMILES string of the molecule is CN(C(=O)CCc1cccs1)[C@@H]1CC[C@@H](N2CCCC2)[C@@H]1O. The van der Waals surface area contributed by atoms with Gasteiger partial charge >= 0.3 is 0 Å². The third-order valence-electron chi connectivity index (χ3n) is 5.21. The molecule has 0 spiro atoms. The second-order valence-electron chi connectivity index (χ2n) is 6.53. The van der Waals surface area contributed by atoms with Crippen molar-refractivity contribution in [2.45, 2.75) is 56.7 Å². The Bertz CT molecular complexity index is 485. The molecule has 0 aromatic carbocycles. The summed E-state index contributed by atoms with van der Waals surface area (Å²) in [5, 5.41) is 12.7. The first-order valence-electron chi connectivity index (χ1n) is 8.37. The molecule has 0 radical (unpaired) electrons. The maximum absolute atomic E-state index is 12.4. The van der Waals surface area contributed by atoms with Crippen LogP contribution < -0.4 is 0 Å². The Morgan fingerprint density at radius 1 is 1.41 bits per heavy atom. The highest BCUT2D eigenvalue weighted by molar-refractivity contribution is 7.09. The van der Waals surface area contributed by atoms with Crippen molar-refractivity contribution in [3.8, 4) is 0 Å². The minimum absolute atomic E-state index is 0.0126. The van der Waals surface area contributed by atoms with Crippen LogP contribution in [0, 0.1) is 0 Å². The zero-order valence-electron chi connectivity index (χ0n) is 13.3. The fraction of sp³-hybridized carbons (Fsp3) is 0.706. The van der Waals surface area contributed by atoms with Crippen LogP contribution in [0.3, 0.4) is 0 Å². The molecule has 2 fully saturated rings. The second kappa shape index (κ2) is 7.11. The largest absolute Gasteiger partial charge is 0.389 e. The molecule has 1 aromatic rings. The van der Waals surface area contributed by atoms with Crippen LogP contribution in [-0.2, 0) is 11.2 Å². The maximum atomic E-state index is 12.4. The van der Waals surface area contributed by atoms with E-state index in [1.165, 1.54) is 17.7 Å². The fourth-order valence-electron chi connectivity index (χ4n) is 3.88. The molecule has 0 bridgehead atoms. The predicted octanol–water partition coefficient (Wildman–Crippen LogP) is 2.13. The summed E-state index contributed by atoms with van der Waals surface area (Å²) in [7, 11) is 1.86. The summed E-state index contributed by atoms with van der Waals surface area (Å²) >= 11 is 1.70. The maximum Gasteiger partial charge on any atom is 0.223 e. The second-order valence-corrected chi connectivity index (χ2v) is 7.56. The number of likely N-dealkylation sites (tertiary alicyclic amines) is 1. The molecule has 2 aliphatic rings. The summed E-state index contributed by atoms with van der Waals surface area (Å²) in [5.74, 6) is 0.152. The van der Waals surface area contributed by atoms with Gasteiger partial charge in [-0.15, -0.1) is 11.3 Å². The smallest absolute Gasteiger partial charge is 0.223 e. The number of aliphatic hydroxyl groups excluding tert-OH is 1. The Morgan fingerprint density at radius 2 is 2.18 bits per heavy atom. The summed E-state index contributed by atoms with van der Waals surface area (Å²) < 4.78 is 0. The molecule has 1 aromatic heterocycles. The summed E-state index contributed by atoms with van der Waals surface area (Å²) in [6.07, 6.45) is 5.35. The van der Waals surface area contributed by atoms with Gasteiger partial charge < -0.3 is 10.0 Å². The van der Waals surface area contributed by atoms with Crippen molar-refractivity contribution in [2.75, 3.05) is 20.1 Å². The van der Waals surface area contributed by atoms with Gasteiger partial charge in [-0.25, -0.2) is 0 Å². The standard InChI is InChI=1S/C17H26N2O2S/c1-18(16(20)9-6-13-5-4-12-22-13)14-7-8-15(17(14)21)19-10-2-3-11-19/h4-5,12,14-15,17,21H,2-3,6-11H2,1H3/t14-,15-,17-/m1/s1. The highest BCUT2D eigenvalue weighted by Gasteiger charge is 2.41. The predicted molar refractivity (Wildman–Crippen MR) is 89.0 cm³/mol.